The summed E-state index contributed by atoms with van der Waals surface area (Å²) in [7, 11) is 0. The predicted octanol–water partition coefficient (Wildman–Crippen LogP) is 0.283. The summed E-state index contributed by atoms with van der Waals surface area (Å²) in [5, 5.41) is 11.8. The Kier molecular flexibility index (Phi) is 4.74. The highest BCUT2D eigenvalue weighted by Crippen LogP contribution is 2.10. The number of carbonyl (C=O) groups is 1. The number of pyridine rings is 1. The van der Waals surface area contributed by atoms with Gasteiger partial charge in [0.2, 0.25) is 0 Å². The smallest absolute Gasteiger partial charge is 0.272 e. The quantitative estimate of drug-likeness (QED) is 0.361. The van der Waals surface area contributed by atoms with E-state index in [-0.39, 0.29) is 17.8 Å². The third kappa shape index (κ3) is 3.49. The topological polar surface area (TPSA) is 95.1 Å². The zero-order valence-electron chi connectivity index (χ0n) is 12.4. The second kappa shape index (κ2) is 6.53. The number of carbonyl (C=O) groups excluding carboxylic acids is 1. The molecule has 2 heterocycles. The molecule has 0 saturated carbocycles. The van der Waals surface area contributed by atoms with E-state index in [0.717, 1.165) is 5.69 Å². The van der Waals surface area contributed by atoms with E-state index in [4.69, 9.17) is 10.9 Å². The highest BCUT2D eigenvalue weighted by atomic mass is 16.4. The summed E-state index contributed by atoms with van der Waals surface area (Å²) in [6.45, 7) is 6.35. The molecule has 1 saturated heterocycles. The highest BCUT2D eigenvalue weighted by Gasteiger charge is 2.26. The molecule has 21 heavy (non-hydrogen) atoms. The van der Waals surface area contributed by atoms with Crippen LogP contribution in [0.1, 0.15) is 23.1 Å². The molecule has 1 atom stereocenters. The maximum absolute atomic E-state index is 12.4. The van der Waals surface area contributed by atoms with E-state index in [1.54, 1.807) is 11.0 Å². The molecule has 1 aromatic rings. The van der Waals surface area contributed by atoms with Crippen molar-refractivity contribution < 1.29 is 10.0 Å². The molecular formula is C14H21N5O2. The molecule has 0 bridgehead atoms. The van der Waals surface area contributed by atoms with Crippen LogP contribution in [0.4, 0.5) is 0 Å². The first-order chi connectivity index (χ1) is 10.0. The van der Waals surface area contributed by atoms with E-state index in [1.165, 1.54) is 0 Å². The lowest BCUT2D eigenvalue weighted by molar-refractivity contribution is 0.0613. The normalized spacial score (nSPS) is 18.6. The lowest BCUT2D eigenvalue weighted by atomic mass is 10.2. The molecule has 7 nitrogen and oxygen atoms in total. The molecule has 0 radical (unpaired) electrons. The Hall–Kier alpha value is -2.15. The molecule has 1 aromatic heterocycles. The Morgan fingerprint density at radius 1 is 1.38 bits per heavy atom. The lowest BCUT2D eigenvalue weighted by Crippen LogP contribution is -2.54. The van der Waals surface area contributed by atoms with Crippen LogP contribution < -0.4 is 5.73 Å². The minimum absolute atomic E-state index is 0.0465. The van der Waals surface area contributed by atoms with Gasteiger partial charge in [-0.1, -0.05) is 11.2 Å². The Morgan fingerprint density at radius 3 is 2.62 bits per heavy atom. The number of aromatic nitrogens is 1. The van der Waals surface area contributed by atoms with Crippen molar-refractivity contribution in [1.82, 2.24) is 14.8 Å². The molecule has 1 aliphatic rings. The first-order valence-corrected chi connectivity index (χ1v) is 6.97. The average molecular weight is 291 g/mol. The highest BCUT2D eigenvalue weighted by molar-refractivity contribution is 5.92. The van der Waals surface area contributed by atoms with Crippen LogP contribution >= 0.6 is 0 Å². The Balaban J connectivity index is 1.96. The zero-order valence-corrected chi connectivity index (χ0v) is 12.4. The van der Waals surface area contributed by atoms with Crippen molar-refractivity contribution in [2.45, 2.75) is 19.9 Å². The van der Waals surface area contributed by atoms with Gasteiger partial charge in [-0.15, -0.1) is 0 Å². The van der Waals surface area contributed by atoms with Crippen molar-refractivity contribution >= 4 is 11.7 Å². The van der Waals surface area contributed by atoms with Crippen molar-refractivity contribution in [2.24, 2.45) is 10.9 Å². The third-order valence-electron chi connectivity index (χ3n) is 3.80. The molecule has 2 rings (SSSR count). The van der Waals surface area contributed by atoms with E-state index >= 15 is 0 Å². The fraction of sp³-hybridized carbons (Fsp3) is 0.500. The van der Waals surface area contributed by atoms with E-state index in [9.17, 15) is 4.79 Å². The number of amidine groups is 1. The van der Waals surface area contributed by atoms with Crippen molar-refractivity contribution in [3.63, 3.8) is 0 Å². The average Bonchev–Trinajstić information content (AvgIpc) is 2.53. The van der Waals surface area contributed by atoms with Crippen LogP contribution in [0, 0.1) is 6.92 Å². The second-order valence-electron chi connectivity index (χ2n) is 5.19. The largest absolute Gasteiger partial charge is 0.409 e. The summed E-state index contributed by atoms with van der Waals surface area (Å²) in [5.74, 6) is 0.143. The van der Waals surface area contributed by atoms with Gasteiger partial charge >= 0.3 is 0 Å². The molecule has 3 N–H and O–H groups in total. The summed E-state index contributed by atoms with van der Waals surface area (Å²) in [5.41, 5.74) is 6.93. The van der Waals surface area contributed by atoms with Gasteiger partial charge in [-0.3, -0.25) is 9.69 Å². The van der Waals surface area contributed by atoms with Crippen LogP contribution in [0.3, 0.4) is 0 Å². The fourth-order valence-corrected chi connectivity index (χ4v) is 2.41. The van der Waals surface area contributed by atoms with Crippen LogP contribution in [0.2, 0.25) is 0 Å². The zero-order chi connectivity index (χ0) is 15.4. The second-order valence-corrected chi connectivity index (χ2v) is 5.19. The Labute approximate surface area is 124 Å². The van der Waals surface area contributed by atoms with E-state index in [2.05, 4.69) is 15.0 Å². The monoisotopic (exact) mass is 291 g/mol. The third-order valence-corrected chi connectivity index (χ3v) is 3.80. The van der Waals surface area contributed by atoms with Crippen LogP contribution in [0.5, 0.6) is 0 Å². The maximum atomic E-state index is 12.4. The van der Waals surface area contributed by atoms with Crippen molar-refractivity contribution in [1.29, 1.82) is 0 Å². The number of nitrogens with zero attached hydrogens (tertiary/aromatic N) is 4. The first kappa shape index (κ1) is 15.2. The molecule has 0 spiro atoms. The van der Waals surface area contributed by atoms with Crippen molar-refractivity contribution in [3.8, 4) is 0 Å². The SMILES string of the molecule is Cc1cccc(C(=O)N2CCN(C(C)C(N)=NO)CC2)n1. The molecule has 1 amide bonds. The summed E-state index contributed by atoms with van der Waals surface area (Å²) < 4.78 is 0. The standard InChI is InChI=1S/C14H21N5O2/c1-10-4-3-5-12(16-10)14(20)19-8-6-18(7-9-19)11(2)13(15)17-21/h3-5,11,21H,6-9H2,1-2H3,(H2,15,17). The summed E-state index contributed by atoms with van der Waals surface area (Å²) in [6.07, 6.45) is 0. The Morgan fingerprint density at radius 2 is 2.05 bits per heavy atom. The number of rotatable bonds is 3. The number of oxime groups is 1. The van der Waals surface area contributed by atoms with Gasteiger partial charge in [0, 0.05) is 31.9 Å². The Bertz CT molecular complexity index is 538. The van der Waals surface area contributed by atoms with Gasteiger partial charge in [0.25, 0.3) is 5.91 Å². The van der Waals surface area contributed by atoms with Crippen LogP contribution in [-0.4, -0.2) is 64.0 Å². The van der Waals surface area contributed by atoms with Crippen LogP contribution in [-0.2, 0) is 0 Å². The molecular weight excluding hydrogens is 270 g/mol. The molecule has 1 aliphatic heterocycles. The van der Waals surface area contributed by atoms with Gasteiger partial charge in [0.05, 0.1) is 6.04 Å². The van der Waals surface area contributed by atoms with Crippen LogP contribution in [0.25, 0.3) is 0 Å². The summed E-state index contributed by atoms with van der Waals surface area (Å²) in [4.78, 5) is 20.5. The maximum Gasteiger partial charge on any atom is 0.272 e. The molecule has 1 unspecified atom stereocenters. The molecule has 0 aliphatic carbocycles. The van der Waals surface area contributed by atoms with Crippen molar-refractivity contribution in [3.05, 3.63) is 29.6 Å². The number of aryl methyl sites for hydroxylation is 1. The van der Waals surface area contributed by atoms with Gasteiger partial charge in [0.1, 0.15) is 5.69 Å². The summed E-state index contributed by atoms with van der Waals surface area (Å²) >= 11 is 0. The number of hydrogen-bond acceptors (Lipinski definition) is 5. The minimum Gasteiger partial charge on any atom is -0.409 e. The number of amides is 1. The molecule has 7 heteroatoms. The fourth-order valence-electron chi connectivity index (χ4n) is 2.41. The first-order valence-electron chi connectivity index (χ1n) is 6.97. The molecule has 1 fully saturated rings. The molecule has 114 valence electrons. The number of piperazine rings is 1. The van der Waals surface area contributed by atoms with Gasteiger partial charge < -0.3 is 15.8 Å². The predicted molar refractivity (Wildman–Crippen MR) is 79.3 cm³/mol. The van der Waals surface area contributed by atoms with Crippen LogP contribution in [0.15, 0.2) is 23.4 Å². The summed E-state index contributed by atoms with van der Waals surface area (Å²) in [6, 6.07) is 5.31. The van der Waals surface area contributed by atoms with E-state index in [1.807, 2.05) is 26.0 Å². The van der Waals surface area contributed by atoms with Crippen molar-refractivity contribution in [2.75, 3.05) is 26.2 Å². The van der Waals surface area contributed by atoms with Gasteiger partial charge in [0.15, 0.2) is 5.84 Å². The number of hydrogen-bond donors (Lipinski definition) is 2. The van der Waals surface area contributed by atoms with Gasteiger partial charge in [-0.25, -0.2) is 4.98 Å². The number of nitrogens with two attached hydrogens (primary N) is 1. The minimum atomic E-state index is -0.135. The van der Waals surface area contributed by atoms with E-state index in [0.29, 0.717) is 31.9 Å². The molecule has 0 aromatic carbocycles. The van der Waals surface area contributed by atoms with Gasteiger partial charge in [-0.05, 0) is 26.0 Å². The lowest BCUT2D eigenvalue weighted by Gasteiger charge is -2.37. The van der Waals surface area contributed by atoms with Gasteiger partial charge in [-0.2, -0.15) is 0 Å². The van der Waals surface area contributed by atoms with E-state index < -0.39 is 0 Å².